The maximum absolute atomic E-state index is 12.0. The smallest absolute Gasteiger partial charge is 0.238 e. The fourth-order valence-corrected chi connectivity index (χ4v) is 3.53. The zero-order chi connectivity index (χ0) is 11.6. The fraction of sp³-hybridized carbons (Fsp3) is 0.917. The quantitative estimate of drug-likeness (QED) is 0.769. The first-order valence-electron chi connectivity index (χ1n) is 6.18. The maximum atomic E-state index is 12.0. The maximum Gasteiger partial charge on any atom is 0.238 e. The van der Waals surface area contributed by atoms with Gasteiger partial charge in [-0.3, -0.25) is 4.79 Å². The van der Waals surface area contributed by atoms with Gasteiger partial charge in [0.05, 0.1) is 6.04 Å². The Bertz CT molecular complexity index is 262. The number of carbonyl (C=O) groups excluding carboxylic acids is 1. The fourth-order valence-electron chi connectivity index (χ4n) is 2.59. The molecule has 2 atom stereocenters. The summed E-state index contributed by atoms with van der Waals surface area (Å²) in [6, 6.07) is 0.429. The zero-order valence-electron chi connectivity index (χ0n) is 10.2. The molecule has 0 radical (unpaired) electrons. The summed E-state index contributed by atoms with van der Waals surface area (Å²) in [5, 5.41) is 6.47. The molecule has 1 aliphatic carbocycles. The minimum Gasteiger partial charge on any atom is -0.352 e. The highest BCUT2D eigenvalue weighted by atomic mass is 32.2. The Hall–Kier alpha value is -0.220. The molecule has 2 N–H and O–H groups in total. The lowest BCUT2D eigenvalue weighted by molar-refractivity contribution is -0.123. The number of rotatable bonds is 2. The third kappa shape index (κ3) is 3.14. The van der Waals surface area contributed by atoms with Gasteiger partial charge in [-0.2, -0.15) is 11.8 Å². The van der Waals surface area contributed by atoms with Crippen LogP contribution in [0.5, 0.6) is 0 Å². The Morgan fingerprint density at radius 3 is 2.88 bits per heavy atom. The first-order valence-corrected chi connectivity index (χ1v) is 7.34. The van der Waals surface area contributed by atoms with E-state index in [0.717, 1.165) is 30.9 Å². The number of hydrogen-bond donors (Lipinski definition) is 2. The van der Waals surface area contributed by atoms with Crippen LogP contribution in [0.4, 0.5) is 0 Å². The van der Waals surface area contributed by atoms with E-state index in [4.69, 9.17) is 0 Å². The molecule has 2 unspecified atom stereocenters. The zero-order valence-corrected chi connectivity index (χ0v) is 11.0. The molecule has 1 saturated heterocycles. The van der Waals surface area contributed by atoms with E-state index in [1.807, 2.05) is 11.8 Å². The summed E-state index contributed by atoms with van der Waals surface area (Å²) in [6.07, 6.45) is 3.49. The third-order valence-corrected chi connectivity index (χ3v) is 4.61. The van der Waals surface area contributed by atoms with Gasteiger partial charge in [-0.05, 0) is 24.7 Å². The molecule has 4 heteroatoms. The highest BCUT2D eigenvalue weighted by Crippen LogP contribution is 2.36. The van der Waals surface area contributed by atoms with Crippen molar-refractivity contribution in [2.24, 2.45) is 5.41 Å². The van der Waals surface area contributed by atoms with Crippen molar-refractivity contribution < 1.29 is 4.79 Å². The van der Waals surface area contributed by atoms with E-state index in [1.165, 1.54) is 6.42 Å². The predicted molar refractivity (Wildman–Crippen MR) is 68.7 cm³/mol. The predicted octanol–water partition coefficient (Wildman–Crippen LogP) is 1.39. The Labute approximate surface area is 102 Å². The van der Waals surface area contributed by atoms with Crippen molar-refractivity contribution in [3.8, 4) is 0 Å². The summed E-state index contributed by atoms with van der Waals surface area (Å²) in [5.41, 5.74) is 0.409. The van der Waals surface area contributed by atoms with Gasteiger partial charge in [0, 0.05) is 24.1 Å². The van der Waals surface area contributed by atoms with Gasteiger partial charge in [-0.15, -0.1) is 0 Å². The number of hydrogen-bond acceptors (Lipinski definition) is 3. The van der Waals surface area contributed by atoms with E-state index in [9.17, 15) is 4.79 Å². The first kappa shape index (κ1) is 12.2. The van der Waals surface area contributed by atoms with E-state index in [2.05, 4.69) is 24.5 Å². The average molecular weight is 242 g/mol. The Morgan fingerprint density at radius 2 is 2.31 bits per heavy atom. The summed E-state index contributed by atoms with van der Waals surface area (Å²) in [5.74, 6) is 2.25. The highest BCUT2D eigenvalue weighted by Gasteiger charge is 2.33. The summed E-state index contributed by atoms with van der Waals surface area (Å²) in [6.45, 7) is 5.53. The van der Waals surface area contributed by atoms with Crippen LogP contribution in [0.15, 0.2) is 0 Å². The van der Waals surface area contributed by atoms with Crippen molar-refractivity contribution in [2.75, 3.05) is 18.1 Å². The van der Waals surface area contributed by atoms with Crippen molar-refractivity contribution in [3.63, 3.8) is 0 Å². The van der Waals surface area contributed by atoms with Crippen molar-refractivity contribution >= 4 is 17.7 Å². The number of nitrogens with one attached hydrogen (secondary N) is 2. The van der Waals surface area contributed by atoms with Gasteiger partial charge < -0.3 is 10.6 Å². The standard InChI is InChI=1S/C12H22N2OS/c1-12(2)4-3-9(7-12)14-11(15)10-8-16-6-5-13-10/h9-10,13H,3-8H2,1-2H3,(H,14,15). The van der Waals surface area contributed by atoms with E-state index in [-0.39, 0.29) is 11.9 Å². The van der Waals surface area contributed by atoms with Gasteiger partial charge in [0.15, 0.2) is 0 Å². The van der Waals surface area contributed by atoms with Crippen LogP contribution in [0.25, 0.3) is 0 Å². The van der Waals surface area contributed by atoms with E-state index in [0.29, 0.717) is 11.5 Å². The second-order valence-corrected chi connectivity index (χ2v) is 6.84. The number of carbonyl (C=O) groups is 1. The molecule has 2 aliphatic rings. The molecular formula is C12H22N2OS. The lowest BCUT2D eigenvalue weighted by Crippen LogP contribution is -2.51. The first-order chi connectivity index (χ1) is 7.57. The number of amides is 1. The summed E-state index contributed by atoms with van der Waals surface area (Å²) >= 11 is 1.87. The van der Waals surface area contributed by atoms with Crippen LogP contribution in [0.1, 0.15) is 33.1 Å². The van der Waals surface area contributed by atoms with Crippen LogP contribution in [0.3, 0.4) is 0 Å². The molecule has 16 heavy (non-hydrogen) atoms. The molecule has 0 spiro atoms. The second-order valence-electron chi connectivity index (χ2n) is 5.69. The lowest BCUT2D eigenvalue weighted by atomic mass is 9.92. The van der Waals surface area contributed by atoms with Crippen LogP contribution in [0.2, 0.25) is 0 Å². The Morgan fingerprint density at radius 1 is 1.50 bits per heavy atom. The summed E-state index contributed by atoms with van der Waals surface area (Å²) in [7, 11) is 0. The largest absolute Gasteiger partial charge is 0.352 e. The third-order valence-electron chi connectivity index (χ3n) is 3.55. The van der Waals surface area contributed by atoms with E-state index in [1.54, 1.807) is 0 Å². The van der Waals surface area contributed by atoms with Crippen LogP contribution < -0.4 is 10.6 Å². The van der Waals surface area contributed by atoms with E-state index >= 15 is 0 Å². The second kappa shape index (κ2) is 4.96. The molecule has 0 bridgehead atoms. The molecule has 1 aliphatic heterocycles. The molecule has 2 rings (SSSR count). The molecule has 0 aromatic carbocycles. The van der Waals surface area contributed by atoms with Gasteiger partial charge in [-0.25, -0.2) is 0 Å². The van der Waals surface area contributed by atoms with Crippen LogP contribution in [-0.2, 0) is 4.79 Å². The molecule has 3 nitrogen and oxygen atoms in total. The monoisotopic (exact) mass is 242 g/mol. The average Bonchev–Trinajstić information content (AvgIpc) is 2.59. The lowest BCUT2D eigenvalue weighted by Gasteiger charge is -2.24. The Kier molecular flexibility index (Phi) is 3.80. The van der Waals surface area contributed by atoms with E-state index < -0.39 is 0 Å². The van der Waals surface area contributed by atoms with Crippen LogP contribution in [0, 0.1) is 5.41 Å². The molecule has 0 aromatic heterocycles. The molecule has 1 saturated carbocycles. The van der Waals surface area contributed by atoms with Crippen LogP contribution >= 0.6 is 11.8 Å². The van der Waals surface area contributed by atoms with Gasteiger partial charge in [0.2, 0.25) is 5.91 Å². The molecule has 92 valence electrons. The normalized spacial score (nSPS) is 33.6. The summed E-state index contributed by atoms with van der Waals surface area (Å²) in [4.78, 5) is 12.0. The van der Waals surface area contributed by atoms with Gasteiger partial charge in [-0.1, -0.05) is 13.8 Å². The molecular weight excluding hydrogens is 220 g/mol. The van der Waals surface area contributed by atoms with Gasteiger partial charge in [0.1, 0.15) is 0 Å². The Balaban J connectivity index is 1.79. The SMILES string of the molecule is CC1(C)CCC(NC(=O)C2CSCCN2)C1. The van der Waals surface area contributed by atoms with Crippen molar-refractivity contribution in [1.29, 1.82) is 0 Å². The van der Waals surface area contributed by atoms with Crippen molar-refractivity contribution in [2.45, 2.75) is 45.2 Å². The topological polar surface area (TPSA) is 41.1 Å². The molecule has 2 fully saturated rings. The van der Waals surface area contributed by atoms with Crippen LogP contribution in [-0.4, -0.2) is 36.0 Å². The van der Waals surface area contributed by atoms with Gasteiger partial charge >= 0.3 is 0 Å². The number of thioether (sulfide) groups is 1. The highest BCUT2D eigenvalue weighted by molar-refractivity contribution is 7.99. The summed E-state index contributed by atoms with van der Waals surface area (Å²) < 4.78 is 0. The molecule has 1 amide bonds. The molecule has 0 aromatic rings. The van der Waals surface area contributed by atoms with Crippen molar-refractivity contribution in [1.82, 2.24) is 10.6 Å². The van der Waals surface area contributed by atoms with Crippen molar-refractivity contribution in [3.05, 3.63) is 0 Å². The molecule has 1 heterocycles. The minimum absolute atomic E-state index is 0.0301. The van der Waals surface area contributed by atoms with Gasteiger partial charge in [0.25, 0.3) is 0 Å². The minimum atomic E-state index is 0.0301.